The third kappa shape index (κ3) is 5.49. The van der Waals surface area contributed by atoms with Crippen LogP contribution in [0, 0.1) is 0 Å². The first-order valence-electron chi connectivity index (χ1n) is 9.74. The Hall–Kier alpha value is -1.02. The summed E-state index contributed by atoms with van der Waals surface area (Å²) < 4.78 is 0. The molecule has 146 valence electrons. The van der Waals surface area contributed by atoms with Gasteiger partial charge in [-0.1, -0.05) is 18.2 Å². The molecule has 6 heteroatoms. The quantitative estimate of drug-likeness (QED) is 0.351. The molecule has 5 nitrogen and oxygen atoms in total. The number of hydrogen-bond donors (Lipinski definition) is 3. The fourth-order valence-electron chi connectivity index (χ4n) is 3.88. The van der Waals surface area contributed by atoms with Gasteiger partial charge in [-0.25, -0.2) is 0 Å². The first kappa shape index (κ1) is 21.3. The molecule has 0 bridgehead atoms. The van der Waals surface area contributed by atoms with Crippen LogP contribution in [0.4, 0.5) is 5.69 Å². The molecule has 0 saturated heterocycles. The zero-order chi connectivity index (χ0) is 17.6. The molecular weight excluding hydrogens is 439 g/mol. The molecule has 1 aromatic rings. The molecule has 1 heterocycles. The van der Waals surface area contributed by atoms with Crippen LogP contribution in [-0.4, -0.2) is 48.9 Å². The molecule has 1 atom stereocenters. The van der Waals surface area contributed by atoms with E-state index >= 15 is 0 Å². The maximum atomic E-state index is 9.66. The summed E-state index contributed by atoms with van der Waals surface area (Å²) in [5, 5.41) is 16.6. The van der Waals surface area contributed by atoms with E-state index in [-0.39, 0.29) is 30.1 Å². The number of hydrogen-bond acceptors (Lipinski definition) is 3. The summed E-state index contributed by atoms with van der Waals surface area (Å²) >= 11 is 0. The minimum Gasteiger partial charge on any atom is -0.393 e. The summed E-state index contributed by atoms with van der Waals surface area (Å²) in [4.78, 5) is 7.31. The lowest BCUT2D eigenvalue weighted by atomic mass is 9.93. The van der Waals surface area contributed by atoms with Gasteiger partial charge in [0.1, 0.15) is 0 Å². The normalized spacial score (nSPS) is 23.8. The Kier molecular flexibility index (Phi) is 8.47. The Balaban J connectivity index is 0.00000243. The van der Waals surface area contributed by atoms with Crippen molar-refractivity contribution in [2.24, 2.45) is 4.99 Å². The average molecular weight is 472 g/mol. The largest absolute Gasteiger partial charge is 0.393 e. The van der Waals surface area contributed by atoms with Crippen LogP contribution in [0.15, 0.2) is 29.3 Å². The maximum Gasteiger partial charge on any atom is 0.191 e. The summed E-state index contributed by atoms with van der Waals surface area (Å²) in [6.45, 7) is 7.08. The number of fused-ring (bicyclic) bond motifs is 1. The highest BCUT2D eigenvalue weighted by molar-refractivity contribution is 14.0. The van der Waals surface area contributed by atoms with Crippen molar-refractivity contribution in [2.45, 2.75) is 64.1 Å². The number of halogens is 1. The summed E-state index contributed by atoms with van der Waals surface area (Å²) in [5.41, 5.74) is 2.81. The molecule has 0 aromatic heterocycles. The first-order valence-corrected chi connectivity index (χ1v) is 9.74. The molecule has 0 amide bonds. The van der Waals surface area contributed by atoms with Crippen LogP contribution in [0.3, 0.4) is 0 Å². The van der Waals surface area contributed by atoms with E-state index in [1.807, 2.05) is 0 Å². The fraction of sp³-hybridized carbons (Fsp3) is 0.650. The lowest BCUT2D eigenvalue weighted by Gasteiger charge is -2.29. The van der Waals surface area contributed by atoms with Crippen molar-refractivity contribution in [3.8, 4) is 0 Å². The van der Waals surface area contributed by atoms with Crippen molar-refractivity contribution in [3.05, 3.63) is 29.8 Å². The molecule has 1 saturated carbocycles. The highest BCUT2D eigenvalue weighted by Gasteiger charge is 2.23. The van der Waals surface area contributed by atoms with Gasteiger partial charge in [0.05, 0.1) is 12.6 Å². The molecule has 26 heavy (non-hydrogen) atoms. The standard InChI is InChI=1S/C20H32N4O.HI/c1-3-21-20(23-17-8-10-18(25)11-9-17)22-14-15(2)24-13-12-16-6-4-5-7-19(16)24;/h4-7,15,17-18,25H,3,8-14H2,1-2H3,(H2,21,22,23);1H. The van der Waals surface area contributed by atoms with Crippen LogP contribution in [0.5, 0.6) is 0 Å². The highest BCUT2D eigenvalue weighted by atomic mass is 127. The summed E-state index contributed by atoms with van der Waals surface area (Å²) in [6, 6.07) is 9.50. The van der Waals surface area contributed by atoms with Crippen LogP contribution in [0.1, 0.15) is 45.1 Å². The summed E-state index contributed by atoms with van der Waals surface area (Å²) in [6.07, 6.45) is 4.82. The molecule has 1 aliphatic carbocycles. The van der Waals surface area contributed by atoms with Crippen molar-refractivity contribution in [2.75, 3.05) is 24.5 Å². The summed E-state index contributed by atoms with van der Waals surface area (Å²) in [7, 11) is 0. The number of nitrogens with one attached hydrogen (secondary N) is 2. The number of guanidine groups is 1. The topological polar surface area (TPSA) is 59.9 Å². The average Bonchev–Trinajstić information content (AvgIpc) is 3.06. The number of aliphatic hydroxyl groups excluding tert-OH is 1. The zero-order valence-electron chi connectivity index (χ0n) is 15.9. The van der Waals surface area contributed by atoms with Crippen molar-refractivity contribution < 1.29 is 5.11 Å². The second kappa shape index (κ2) is 10.3. The predicted octanol–water partition coefficient (Wildman–Crippen LogP) is 2.91. The molecule has 1 fully saturated rings. The van der Waals surface area contributed by atoms with Gasteiger partial charge in [0.15, 0.2) is 5.96 Å². The number of anilines is 1. The van der Waals surface area contributed by atoms with Gasteiger partial charge >= 0.3 is 0 Å². The van der Waals surface area contributed by atoms with E-state index in [1.165, 1.54) is 11.3 Å². The fourth-order valence-corrected chi connectivity index (χ4v) is 3.88. The van der Waals surface area contributed by atoms with Crippen LogP contribution in [0.2, 0.25) is 0 Å². The first-order chi connectivity index (χ1) is 12.2. The van der Waals surface area contributed by atoms with E-state index in [9.17, 15) is 5.11 Å². The van der Waals surface area contributed by atoms with Crippen molar-refractivity contribution >= 4 is 35.6 Å². The second-order valence-corrected chi connectivity index (χ2v) is 7.29. The minimum absolute atomic E-state index is 0. The maximum absolute atomic E-state index is 9.66. The molecular formula is C20H33IN4O. The Bertz CT molecular complexity index is 587. The van der Waals surface area contributed by atoms with Gasteiger partial charge in [-0.15, -0.1) is 24.0 Å². The molecule has 3 N–H and O–H groups in total. The van der Waals surface area contributed by atoms with E-state index in [0.29, 0.717) is 12.1 Å². The third-order valence-corrected chi connectivity index (χ3v) is 5.35. The van der Waals surface area contributed by atoms with Crippen molar-refractivity contribution in [1.29, 1.82) is 0 Å². The Labute approximate surface area is 174 Å². The van der Waals surface area contributed by atoms with Crippen LogP contribution < -0.4 is 15.5 Å². The summed E-state index contributed by atoms with van der Waals surface area (Å²) in [5.74, 6) is 0.906. The van der Waals surface area contributed by atoms with Gasteiger partial charge in [-0.05, 0) is 57.6 Å². The smallest absolute Gasteiger partial charge is 0.191 e. The second-order valence-electron chi connectivity index (χ2n) is 7.29. The lowest BCUT2D eigenvalue weighted by Crippen LogP contribution is -2.46. The molecule has 1 aliphatic heterocycles. The van der Waals surface area contributed by atoms with Crippen LogP contribution in [-0.2, 0) is 6.42 Å². The Morgan fingerprint density at radius 2 is 2.00 bits per heavy atom. The van der Waals surface area contributed by atoms with Gasteiger partial charge < -0.3 is 20.6 Å². The number of para-hydroxylation sites is 1. The van der Waals surface area contributed by atoms with Gasteiger partial charge in [0.2, 0.25) is 0 Å². The van der Waals surface area contributed by atoms with E-state index in [0.717, 1.165) is 57.7 Å². The Morgan fingerprint density at radius 1 is 1.27 bits per heavy atom. The third-order valence-electron chi connectivity index (χ3n) is 5.35. The van der Waals surface area contributed by atoms with Crippen LogP contribution in [0.25, 0.3) is 0 Å². The lowest BCUT2D eigenvalue weighted by molar-refractivity contribution is 0.120. The molecule has 0 spiro atoms. The van der Waals surface area contributed by atoms with Crippen LogP contribution >= 0.6 is 24.0 Å². The van der Waals surface area contributed by atoms with E-state index in [1.54, 1.807) is 0 Å². The monoisotopic (exact) mass is 472 g/mol. The van der Waals surface area contributed by atoms with Gasteiger partial charge in [-0.2, -0.15) is 0 Å². The number of nitrogens with zero attached hydrogens (tertiary/aromatic N) is 2. The van der Waals surface area contributed by atoms with Gasteiger partial charge in [-0.3, -0.25) is 4.99 Å². The predicted molar refractivity (Wildman–Crippen MR) is 120 cm³/mol. The zero-order valence-corrected chi connectivity index (χ0v) is 18.3. The number of benzene rings is 1. The molecule has 1 unspecified atom stereocenters. The molecule has 3 rings (SSSR count). The van der Waals surface area contributed by atoms with Gasteiger partial charge in [0.25, 0.3) is 0 Å². The molecule has 0 radical (unpaired) electrons. The number of aliphatic imine (C=N–C) groups is 1. The van der Waals surface area contributed by atoms with Crippen molar-refractivity contribution in [1.82, 2.24) is 10.6 Å². The SMILES string of the molecule is CCNC(=NCC(C)N1CCc2ccccc21)NC1CCC(O)CC1.I. The Morgan fingerprint density at radius 3 is 2.73 bits per heavy atom. The van der Waals surface area contributed by atoms with Crippen molar-refractivity contribution in [3.63, 3.8) is 0 Å². The van der Waals surface area contributed by atoms with E-state index in [4.69, 9.17) is 4.99 Å². The number of aliphatic hydroxyl groups is 1. The van der Waals surface area contributed by atoms with Gasteiger partial charge in [0, 0.05) is 30.9 Å². The van der Waals surface area contributed by atoms with E-state index < -0.39 is 0 Å². The number of rotatable bonds is 5. The molecule has 2 aliphatic rings. The highest BCUT2D eigenvalue weighted by Crippen LogP contribution is 2.29. The molecule has 1 aromatic carbocycles. The minimum atomic E-state index is -0.118. The van der Waals surface area contributed by atoms with E-state index in [2.05, 4.69) is 53.6 Å².